The van der Waals surface area contributed by atoms with Crippen molar-refractivity contribution >= 4 is 17.6 Å². The van der Waals surface area contributed by atoms with Crippen LogP contribution < -0.4 is 16.4 Å². The van der Waals surface area contributed by atoms with Gasteiger partial charge in [0.2, 0.25) is 0 Å². The van der Waals surface area contributed by atoms with E-state index >= 15 is 0 Å². The molecule has 0 atom stereocenters. The number of nitrogens with zero attached hydrogens (tertiary/aromatic N) is 3. The molecule has 7 heteroatoms. The molecule has 7 nitrogen and oxygen atoms in total. The van der Waals surface area contributed by atoms with E-state index in [9.17, 15) is 4.79 Å². The molecule has 0 radical (unpaired) electrons. The number of carbonyl (C=O) groups excluding carboxylic acids is 1. The number of anilines is 2. The van der Waals surface area contributed by atoms with Crippen molar-refractivity contribution in [2.24, 2.45) is 5.73 Å². The summed E-state index contributed by atoms with van der Waals surface area (Å²) in [6.07, 6.45) is 3.79. The molecular weight excluding hydrogens is 270 g/mol. The molecule has 1 aliphatic rings. The van der Waals surface area contributed by atoms with E-state index in [1.165, 1.54) is 7.11 Å². The lowest BCUT2D eigenvalue weighted by Crippen LogP contribution is -2.40. The van der Waals surface area contributed by atoms with Gasteiger partial charge in [0.1, 0.15) is 11.4 Å². The topological polar surface area (TPSA) is 99.4 Å². The summed E-state index contributed by atoms with van der Waals surface area (Å²) in [6.45, 7) is 4.39. The number of aromatic nitrogens is 2. The van der Waals surface area contributed by atoms with Gasteiger partial charge in [-0.2, -0.15) is 5.10 Å². The van der Waals surface area contributed by atoms with Crippen molar-refractivity contribution in [3.63, 3.8) is 0 Å². The van der Waals surface area contributed by atoms with E-state index in [1.54, 1.807) is 4.68 Å². The molecule has 2 heterocycles. The van der Waals surface area contributed by atoms with E-state index in [-0.39, 0.29) is 6.04 Å². The van der Waals surface area contributed by atoms with Crippen molar-refractivity contribution < 1.29 is 9.53 Å². The number of piperidine rings is 1. The number of hydrogen-bond acceptors (Lipinski definition) is 6. The van der Waals surface area contributed by atoms with Crippen LogP contribution in [-0.2, 0) is 11.3 Å². The fourth-order valence-electron chi connectivity index (χ4n) is 2.57. The van der Waals surface area contributed by atoms with Crippen LogP contribution >= 0.6 is 0 Å². The van der Waals surface area contributed by atoms with Gasteiger partial charge < -0.3 is 21.1 Å². The molecule has 1 saturated heterocycles. The number of carbonyl (C=O) groups is 1. The summed E-state index contributed by atoms with van der Waals surface area (Å²) < 4.78 is 6.57. The Morgan fingerprint density at radius 1 is 1.43 bits per heavy atom. The maximum Gasteiger partial charge on any atom is 0.345 e. The molecule has 0 unspecified atom stereocenters. The fraction of sp³-hybridized carbons (Fsp3) is 0.714. The molecule has 0 spiro atoms. The monoisotopic (exact) mass is 295 g/mol. The van der Waals surface area contributed by atoms with Gasteiger partial charge in [-0.15, -0.1) is 0 Å². The highest BCUT2D eigenvalue weighted by Gasteiger charge is 2.28. The van der Waals surface area contributed by atoms with Crippen LogP contribution in [0.4, 0.5) is 11.6 Å². The summed E-state index contributed by atoms with van der Waals surface area (Å²) in [5, 5.41) is 4.54. The highest BCUT2D eigenvalue weighted by molar-refractivity contribution is 5.99. The van der Waals surface area contributed by atoms with E-state index < -0.39 is 5.97 Å². The SMILES string of the molecule is CCCCn1nc(N2CCC(N)CC2)c(C(=O)OC)c1N. The third kappa shape index (κ3) is 3.29. The van der Waals surface area contributed by atoms with E-state index in [4.69, 9.17) is 16.2 Å². The van der Waals surface area contributed by atoms with E-state index in [2.05, 4.69) is 16.9 Å². The Balaban J connectivity index is 2.31. The molecule has 0 amide bonds. The normalized spacial score (nSPS) is 16.2. The first-order valence-corrected chi connectivity index (χ1v) is 7.53. The number of nitrogens with two attached hydrogens (primary N) is 2. The van der Waals surface area contributed by atoms with Crippen molar-refractivity contribution in [3.8, 4) is 0 Å². The van der Waals surface area contributed by atoms with Crippen molar-refractivity contribution in [3.05, 3.63) is 5.56 Å². The number of esters is 1. The number of nitrogen functional groups attached to an aromatic ring is 1. The number of ether oxygens (including phenoxy) is 1. The standard InChI is InChI=1S/C14H25N5O2/c1-3-4-7-19-12(16)11(14(20)21-2)13(17-19)18-8-5-10(15)6-9-18/h10H,3-9,15-16H2,1-2H3. The summed E-state index contributed by atoms with van der Waals surface area (Å²) >= 11 is 0. The molecule has 21 heavy (non-hydrogen) atoms. The molecule has 0 aliphatic carbocycles. The predicted molar refractivity (Wildman–Crippen MR) is 82.3 cm³/mol. The summed E-state index contributed by atoms with van der Waals surface area (Å²) in [5.41, 5.74) is 12.4. The van der Waals surface area contributed by atoms with Crippen molar-refractivity contribution in [2.75, 3.05) is 30.8 Å². The van der Waals surface area contributed by atoms with Crippen LogP contribution in [0.25, 0.3) is 0 Å². The average Bonchev–Trinajstić information content (AvgIpc) is 2.82. The fourth-order valence-corrected chi connectivity index (χ4v) is 2.57. The highest BCUT2D eigenvalue weighted by atomic mass is 16.5. The Hall–Kier alpha value is -1.76. The van der Waals surface area contributed by atoms with Crippen LogP contribution in [0, 0.1) is 0 Å². The van der Waals surface area contributed by atoms with Crippen LogP contribution in [-0.4, -0.2) is 42.0 Å². The van der Waals surface area contributed by atoms with Crippen molar-refractivity contribution in [1.82, 2.24) is 9.78 Å². The molecule has 1 aromatic rings. The lowest BCUT2D eigenvalue weighted by Gasteiger charge is -2.30. The summed E-state index contributed by atoms with van der Waals surface area (Å²) in [5.74, 6) is 0.586. The average molecular weight is 295 g/mol. The van der Waals surface area contributed by atoms with E-state index in [0.717, 1.165) is 38.8 Å². The smallest absolute Gasteiger partial charge is 0.345 e. The zero-order valence-corrected chi connectivity index (χ0v) is 12.8. The van der Waals surface area contributed by atoms with Crippen LogP contribution in [0.15, 0.2) is 0 Å². The molecule has 2 rings (SSSR count). The summed E-state index contributed by atoms with van der Waals surface area (Å²) in [4.78, 5) is 14.1. The largest absolute Gasteiger partial charge is 0.465 e. The van der Waals surface area contributed by atoms with Gasteiger partial charge in [-0.25, -0.2) is 9.48 Å². The summed E-state index contributed by atoms with van der Waals surface area (Å²) in [7, 11) is 1.36. The quantitative estimate of drug-likeness (QED) is 0.786. The zero-order valence-electron chi connectivity index (χ0n) is 12.8. The first-order chi connectivity index (χ1) is 10.1. The van der Waals surface area contributed by atoms with Gasteiger partial charge in [0.15, 0.2) is 5.82 Å². The van der Waals surface area contributed by atoms with Gasteiger partial charge in [-0.1, -0.05) is 13.3 Å². The van der Waals surface area contributed by atoms with Gasteiger partial charge in [0.25, 0.3) is 0 Å². The Morgan fingerprint density at radius 2 is 2.10 bits per heavy atom. The number of methoxy groups -OCH3 is 1. The Morgan fingerprint density at radius 3 is 2.67 bits per heavy atom. The van der Waals surface area contributed by atoms with Crippen LogP contribution in [0.5, 0.6) is 0 Å². The Kier molecular flexibility index (Phi) is 5.06. The van der Waals surface area contributed by atoms with Crippen LogP contribution in [0.2, 0.25) is 0 Å². The third-order valence-corrected chi connectivity index (χ3v) is 3.93. The van der Waals surface area contributed by atoms with Crippen LogP contribution in [0.1, 0.15) is 43.0 Å². The molecular formula is C14H25N5O2. The molecule has 4 N–H and O–H groups in total. The molecule has 1 fully saturated rings. The van der Waals surface area contributed by atoms with Gasteiger partial charge in [0.05, 0.1) is 7.11 Å². The van der Waals surface area contributed by atoms with Gasteiger partial charge in [0, 0.05) is 25.7 Å². The molecule has 1 aliphatic heterocycles. The lowest BCUT2D eigenvalue weighted by atomic mass is 10.1. The number of unbranched alkanes of at least 4 members (excludes halogenated alkanes) is 1. The third-order valence-electron chi connectivity index (χ3n) is 3.93. The number of aryl methyl sites for hydroxylation is 1. The summed E-state index contributed by atoms with van der Waals surface area (Å²) in [6, 6.07) is 0.224. The van der Waals surface area contributed by atoms with Crippen molar-refractivity contribution in [1.29, 1.82) is 0 Å². The van der Waals surface area contributed by atoms with Gasteiger partial charge >= 0.3 is 5.97 Å². The molecule has 1 aromatic heterocycles. The van der Waals surface area contributed by atoms with E-state index in [1.807, 2.05) is 0 Å². The molecule has 118 valence electrons. The van der Waals surface area contributed by atoms with Crippen molar-refractivity contribution in [2.45, 2.75) is 45.2 Å². The second-order valence-electron chi connectivity index (χ2n) is 5.48. The van der Waals surface area contributed by atoms with Crippen LogP contribution in [0.3, 0.4) is 0 Å². The number of rotatable bonds is 5. The highest BCUT2D eigenvalue weighted by Crippen LogP contribution is 2.28. The maximum atomic E-state index is 12.0. The maximum absolute atomic E-state index is 12.0. The Labute approximate surface area is 125 Å². The lowest BCUT2D eigenvalue weighted by molar-refractivity contribution is 0.0602. The first-order valence-electron chi connectivity index (χ1n) is 7.53. The van der Waals surface area contributed by atoms with E-state index in [0.29, 0.717) is 23.7 Å². The second-order valence-corrected chi connectivity index (χ2v) is 5.48. The minimum absolute atomic E-state index is 0.224. The van der Waals surface area contributed by atoms with Gasteiger partial charge in [-0.3, -0.25) is 0 Å². The molecule has 0 saturated carbocycles. The Bertz CT molecular complexity index is 492. The predicted octanol–water partition coefficient (Wildman–Crippen LogP) is 0.980. The zero-order chi connectivity index (χ0) is 15.4. The first kappa shape index (κ1) is 15.6. The second kappa shape index (κ2) is 6.80. The number of hydrogen-bond donors (Lipinski definition) is 2. The molecule has 0 aromatic carbocycles. The minimum atomic E-state index is -0.430. The minimum Gasteiger partial charge on any atom is -0.465 e. The van der Waals surface area contributed by atoms with Gasteiger partial charge in [-0.05, 0) is 19.3 Å². The molecule has 0 bridgehead atoms.